The first-order chi connectivity index (χ1) is 13.7. The van der Waals surface area contributed by atoms with Crippen molar-refractivity contribution in [1.82, 2.24) is 9.38 Å². The van der Waals surface area contributed by atoms with Crippen molar-refractivity contribution >= 4 is 11.3 Å². The van der Waals surface area contributed by atoms with Crippen molar-refractivity contribution in [2.24, 2.45) is 5.92 Å². The van der Waals surface area contributed by atoms with Gasteiger partial charge in [0.15, 0.2) is 5.78 Å². The summed E-state index contributed by atoms with van der Waals surface area (Å²) in [6, 6.07) is 10.6. The Hall–Kier alpha value is -2.62. The van der Waals surface area contributed by atoms with Crippen LogP contribution < -0.4 is 4.74 Å². The molecule has 0 atom stereocenters. The number of pyridine rings is 1. The van der Waals surface area contributed by atoms with Crippen LogP contribution in [0.25, 0.3) is 5.52 Å². The first kappa shape index (κ1) is 17.5. The van der Waals surface area contributed by atoms with Gasteiger partial charge in [0, 0.05) is 17.7 Å². The number of carbonyl (C=O) groups is 1. The van der Waals surface area contributed by atoms with Crippen LogP contribution in [0.3, 0.4) is 0 Å². The number of rotatable bonds is 5. The molecule has 0 aliphatic heterocycles. The molecule has 0 N–H and O–H groups in total. The van der Waals surface area contributed by atoms with Gasteiger partial charge >= 0.3 is 0 Å². The van der Waals surface area contributed by atoms with E-state index < -0.39 is 0 Å². The zero-order valence-electron chi connectivity index (χ0n) is 16.3. The van der Waals surface area contributed by atoms with Gasteiger partial charge in [0.05, 0.1) is 25.2 Å². The third-order valence-corrected chi connectivity index (χ3v) is 6.57. The lowest BCUT2D eigenvalue weighted by atomic mass is 9.75. The molecule has 0 saturated heterocycles. The van der Waals surface area contributed by atoms with E-state index in [4.69, 9.17) is 4.74 Å². The lowest BCUT2D eigenvalue weighted by Gasteiger charge is -2.28. The molecule has 0 unspecified atom stereocenters. The summed E-state index contributed by atoms with van der Waals surface area (Å²) in [7, 11) is 1.70. The minimum absolute atomic E-state index is 0.132. The molecule has 4 nitrogen and oxygen atoms in total. The number of benzene rings is 1. The van der Waals surface area contributed by atoms with Gasteiger partial charge < -0.3 is 9.14 Å². The van der Waals surface area contributed by atoms with Gasteiger partial charge in [0.25, 0.3) is 0 Å². The fourth-order valence-corrected chi connectivity index (χ4v) is 4.78. The van der Waals surface area contributed by atoms with Crippen LogP contribution in [0, 0.1) is 5.92 Å². The summed E-state index contributed by atoms with van der Waals surface area (Å²) >= 11 is 0. The molecule has 5 rings (SSSR count). The highest BCUT2D eigenvalue weighted by Crippen LogP contribution is 2.44. The van der Waals surface area contributed by atoms with Crippen molar-refractivity contribution in [2.75, 3.05) is 7.11 Å². The minimum atomic E-state index is 0.132. The normalized spacial score (nSPS) is 22.3. The summed E-state index contributed by atoms with van der Waals surface area (Å²) < 4.78 is 7.25. The van der Waals surface area contributed by atoms with Crippen molar-refractivity contribution in [3.63, 3.8) is 0 Å². The number of imidazole rings is 1. The third-order valence-electron chi connectivity index (χ3n) is 6.57. The van der Waals surface area contributed by atoms with E-state index in [1.165, 1.54) is 24.0 Å². The molecule has 1 aromatic carbocycles. The number of hydrogen-bond donors (Lipinski definition) is 0. The second-order valence-electron chi connectivity index (χ2n) is 8.29. The second kappa shape index (κ2) is 7.08. The fourth-order valence-electron chi connectivity index (χ4n) is 4.78. The van der Waals surface area contributed by atoms with E-state index in [0.29, 0.717) is 17.6 Å². The van der Waals surface area contributed by atoms with E-state index in [9.17, 15) is 4.79 Å². The van der Waals surface area contributed by atoms with Gasteiger partial charge in [-0.1, -0.05) is 12.1 Å². The fraction of sp³-hybridized carbons (Fsp3) is 0.417. The molecule has 2 fully saturated rings. The first-order valence-electron chi connectivity index (χ1n) is 10.4. The van der Waals surface area contributed by atoms with Crippen molar-refractivity contribution in [1.29, 1.82) is 0 Å². The van der Waals surface area contributed by atoms with E-state index in [0.717, 1.165) is 42.5 Å². The van der Waals surface area contributed by atoms with E-state index in [1.54, 1.807) is 13.4 Å². The van der Waals surface area contributed by atoms with Crippen LogP contribution >= 0.6 is 0 Å². The largest absolute Gasteiger partial charge is 0.497 e. The Balaban J connectivity index is 1.35. The smallest absolute Gasteiger partial charge is 0.168 e. The third kappa shape index (κ3) is 3.11. The maximum Gasteiger partial charge on any atom is 0.168 e. The first-order valence-corrected chi connectivity index (χ1v) is 10.4. The molecule has 4 heteroatoms. The van der Waals surface area contributed by atoms with Crippen molar-refractivity contribution in [2.45, 2.75) is 50.4 Å². The molecule has 0 amide bonds. The average molecular weight is 374 g/mol. The topological polar surface area (TPSA) is 43.6 Å². The summed E-state index contributed by atoms with van der Waals surface area (Å²) in [5, 5.41) is 0. The molecule has 0 spiro atoms. The van der Waals surface area contributed by atoms with Gasteiger partial charge in [-0.15, -0.1) is 0 Å². The highest BCUT2D eigenvalue weighted by molar-refractivity contribution is 6.05. The number of hydrogen-bond acceptors (Lipinski definition) is 3. The number of methoxy groups -OCH3 is 1. The number of Topliss-reactive ketones (excluding diaryl/α,β-unsaturated/α-hetero) is 1. The molecule has 28 heavy (non-hydrogen) atoms. The van der Waals surface area contributed by atoms with Gasteiger partial charge in [-0.05, 0) is 79.7 Å². The molecule has 0 radical (unpaired) electrons. The second-order valence-corrected chi connectivity index (χ2v) is 8.29. The molecule has 3 aromatic rings. The van der Waals surface area contributed by atoms with Crippen LogP contribution in [0.2, 0.25) is 0 Å². The summed E-state index contributed by atoms with van der Waals surface area (Å²) in [5.41, 5.74) is 4.53. The molecule has 2 aromatic heterocycles. The maximum atomic E-state index is 13.5. The Morgan fingerprint density at radius 2 is 1.71 bits per heavy atom. The zero-order chi connectivity index (χ0) is 19.1. The Kier molecular flexibility index (Phi) is 4.42. The van der Waals surface area contributed by atoms with Gasteiger partial charge in [-0.25, -0.2) is 4.98 Å². The van der Waals surface area contributed by atoms with Crippen LogP contribution in [0.4, 0.5) is 0 Å². The van der Waals surface area contributed by atoms with Crippen LogP contribution in [-0.4, -0.2) is 22.3 Å². The van der Waals surface area contributed by atoms with Crippen LogP contribution in [0.15, 0.2) is 49.1 Å². The molecule has 144 valence electrons. The summed E-state index contributed by atoms with van der Waals surface area (Å²) in [4.78, 5) is 17.8. The van der Waals surface area contributed by atoms with Gasteiger partial charge in [0.2, 0.25) is 0 Å². The lowest BCUT2D eigenvalue weighted by molar-refractivity contribution is 0.0884. The Morgan fingerprint density at radius 3 is 2.39 bits per heavy atom. The van der Waals surface area contributed by atoms with Gasteiger partial charge in [-0.2, -0.15) is 0 Å². The molecule has 0 bridgehead atoms. The quantitative estimate of drug-likeness (QED) is 0.563. The molecular formula is C24H26N2O2. The average Bonchev–Trinajstić information content (AvgIpc) is 3.49. The maximum absolute atomic E-state index is 13.5. The summed E-state index contributed by atoms with van der Waals surface area (Å²) in [6.45, 7) is 0. The Morgan fingerprint density at radius 1 is 1.00 bits per heavy atom. The van der Waals surface area contributed by atoms with Gasteiger partial charge in [0.1, 0.15) is 5.75 Å². The van der Waals surface area contributed by atoms with E-state index >= 15 is 0 Å². The van der Waals surface area contributed by atoms with Crippen LogP contribution in [0.1, 0.15) is 71.8 Å². The molecule has 2 aliphatic rings. The highest BCUT2D eigenvalue weighted by atomic mass is 16.5. The predicted octanol–water partition coefficient (Wildman–Crippen LogP) is 5.38. The number of carbonyl (C=O) groups excluding carboxylic acids is 1. The van der Waals surface area contributed by atoms with Crippen molar-refractivity contribution < 1.29 is 9.53 Å². The summed E-state index contributed by atoms with van der Waals surface area (Å²) in [5.74, 6) is 2.47. The minimum Gasteiger partial charge on any atom is -0.497 e. The zero-order valence-corrected chi connectivity index (χ0v) is 16.3. The molecule has 2 aliphatic carbocycles. The van der Waals surface area contributed by atoms with Crippen LogP contribution in [-0.2, 0) is 0 Å². The molecule has 2 heterocycles. The monoisotopic (exact) mass is 374 g/mol. The number of ether oxygens (including phenoxy) is 1. The van der Waals surface area contributed by atoms with E-state index in [1.807, 2.05) is 28.9 Å². The number of ketones is 1. The number of aromatic nitrogens is 2. The standard InChI is InChI=1S/C24H26N2O2/c1-28-20-10-8-17(9-11-20)16-2-6-19(7-3-16)24(27)23-21(18-4-5-18)12-13-26-15-25-14-22(23)26/h8-16,18-19H,2-7H2,1H3. The number of fused-ring (bicyclic) bond motifs is 1. The summed E-state index contributed by atoms with van der Waals surface area (Å²) in [6.07, 6.45) is 12.2. The van der Waals surface area contributed by atoms with Crippen molar-refractivity contribution in [3.05, 3.63) is 65.7 Å². The van der Waals surface area contributed by atoms with E-state index in [-0.39, 0.29) is 5.92 Å². The van der Waals surface area contributed by atoms with Crippen molar-refractivity contribution in [3.8, 4) is 5.75 Å². The molecule has 2 saturated carbocycles. The van der Waals surface area contributed by atoms with E-state index in [2.05, 4.69) is 23.2 Å². The predicted molar refractivity (Wildman–Crippen MR) is 109 cm³/mol. The Labute approximate surface area is 165 Å². The van der Waals surface area contributed by atoms with Gasteiger partial charge in [-0.3, -0.25) is 4.79 Å². The Bertz CT molecular complexity index is 993. The molecular weight excluding hydrogens is 348 g/mol. The SMILES string of the molecule is COc1ccc(C2CCC(C(=O)c3c(C4CC4)ccn4cncc34)CC2)cc1. The highest BCUT2D eigenvalue weighted by Gasteiger charge is 2.34. The lowest BCUT2D eigenvalue weighted by Crippen LogP contribution is -2.23. The van der Waals surface area contributed by atoms with Crippen LogP contribution in [0.5, 0.6) is 5.75 Å². The number of nitrogens with zero attached hydrogens (tertiary/aromatic N) is 2.